The molecule has 3 rings (SSSR count). The Hall–Kier alpha value is -2.97. The van der Waals surface area contributed by atoms with Gasteiger partial charge in [0.05, 0.1) is 10.9 Å². The summed E-state index contributed by atoms with van der Waals surface area (Å²) in [6, 6.07) is 15.1. The molecule has 30 heavy (non-hydrogen) atoms. The summed E-state index contributed by atoms with van der Waals surface area (Å²) in [4.78, 5) is 19.4. The van der Waals surface area contributed by atoms with Gasteiger partial charge in [-0.1, -0.05) is 42.5 Å². The monoisotopic (exact) mass is 427 g/mol. The quantitative estimate of drug-likeness (QED) is 0.609. The third kappa shape index (κ3) is 4.95. The number of hydrazine groups is 1. The molecule has 0 aliphatic heterocycles. The highest BCUT2D eigenvalue weighted by molar-refractivity contribution is 7.89. The van der Waals surface area contributed by atoms with Gasteiger partial charge in [0.2, 0.25) is 0 Å². The van der Waals surface area contributed by atoms with E-state index in [-0.39, 0.29) is 4.90 Å². The van der Waals surface area contributed by atoms with Gasteiger partial charge in [-0.15, -0.1) is 4.83 Å². The molecule has 1 heterocycles. The summed E-state index contributed by atoms with van der Waals surface area (Å²) in [5, 5.41) is 2.20. The zero-order valence-electron chi connectivity index (χ0n) is 17.4. The molecule has 1 N–H and O–H groups in total. The van der Waals surface area contributed by atoms with Crippen LogP contribution in [-0.4, -0.2) is 30.1 Å². The molecule has 1 aromatic heterocycles. The first-order chi connectivity index (χ1) is 14.1. The Labute approximate surface area is 176 Å². The number of fused-ring (bicyclic) bond motifs is 1. The van der Waals surface area contributed by atoms with E-state index in [1.54, 1.807) is 52.1 Å². The SMILES string of the molecule is CC(c1ccccc1)N(NS(=O)(=O)c1cccc2cnccc12)C(=O)OC(C)(C)C. The van der Waals surface area contributed by atoms with Crippen molar-refractivity contribution < 1.29 is 17.9 Å². The van der Waals surface area contributed by atoms with Gasteiger partial charge in [-0.25, -0.2) is 18.2 Å². The van der Waals surface area contributed by atoms with Gasteiger partial charge >= 0.3 is 6.09 Å². The zero-order valence-corrected chi connectivity index (χ0v) is 18.2. The number of nitrogens with one attached hydrogen (secondary N) is 1. The standard InChI is InChI=1S/C22H25N3O4S/c1-16(17-9-6-5-7-10-17)25(21(26)29-22(2,3)4)24-30(27,28)20-12-8-11-18-15-23-14-13-19(18)20/h5-16,24H,1-4H3. The van der Waals surface area contributed by atoms with E-state index in [2.05, 4.69) is 9.82 Å². The Morgan fingerprint density at radius 3 is 2.43 bits per heavy atom. The molecule has 0 fully saturated rings. The summed E-state index contributed by atoms with van der Waals surface area (Å²) in [5.41, 5.74) is -0.0318. The van der Waals surface area contributed by atoms with Crippen LogP contribution in [-0.2, 0) is 14.8 Å². The first kappa shape index (κ1) is 21.7. The molecule has 158 valence electrons. The molecule has 0 radical (unpaired) electrons. The summed E-state index contributed by atoms with van der Waals surface area (Å²) >= 11 is 0. The maximum atomic E-state index is 13.3. The second-order valence-electron chi connectivity index (χ2n) is 7.88. The zero-order chi connectivity index (χ0) is 21.9. The van der Waals surface area contributed by atoms with Crippen LogP contribution in [0.25, 0.3) is 10.8 Å². The van der Waals surface area contributed by atoms with E-state index in [4.69, 9.17) is 4.74 Å². The van der Waals surface area contributed by atoms with Crippen LogP contribution in [0.3, 0.4) is 0 Å². The molecule has 1 atom stereocenters. The molecule has 0 aliphatic rings. The van der Waals surface area contributed by atoms with E-state index in [1.807, 2.05) is 30.3 Å². The van der Waals surface area contributed by atoms with Gasteiger partial charge in [-0.05, 0) is 45.4 Å². The summed E-state index contributed by atoms with van der Waals surface area (Å²) in [6.07, 6.45) is 2.33. The second-order valence-corrected chi connectivity index (χ2v) is 9.51. The number of hydrogen-bond donors (Lipinski definition) is 1. The van der Waals surface area contributed by atoms with E-state index in [9.17, 15) is 13.2 Å². The lowest BCUT2D eigenvalue weighted by molar-refractivity contribution is 0.0115. The van der Waals surface area contributed by atoms with Crippen LogP contribution in [0, 0.1) is 0 Å². The van der Waals surface area contributed by atoms with Crippen LogP contribution in [0.2, 0.25) is 0 Å². The van der Waals surface area contributed by atoms with Gasteiger partial charge in [-0.3, -0.25) is 4.98 Å². The number of hydrogen-bond acceptors (Lipinski definition) is 5. The van der Waals surface area contributed by atoms with Crippen molar-refractivity contribution in [2.45, 2.75) is 44.2 Å². The Kier molecular flexibility index (Phi) is 6.09. The van der Waals surface area contributed by atoms with Gasteiger partial charge in [0.1, 0.15) is 5.60 Å². The van der Waals surface area contributed by atoms with Gasteiger partial charge in [0.25, 0.3) is 10.0 Å². The fourth-order valence-corrected chi connectivity index (χ4v) is 4.30. The molecular formula is C22H25N3O4S. The van der Waals surface area contributed by atoms with Gasteiger partial charge in [0.15, 0.2) is 0 Å². The van der Waals surface area contributed by atoms with Gasteiger partial charge < -0.3 is 4.74 Å². The minimum atomic E-state index is -4.09. The fourth-order valence-electron chi connectivity index (χ4n) is 2.97. The van der Waals surface area contributed by atoms with Gasteiger partial charge in [0, 0.05) is 23.2 Å². The van der Waals surface area contributed by atoms with Crippen LogP contribution in [0.5, 0.6) is 0 Å². The molecule has 0 saturated carbocycles. The summed E-state index contributed by atoms with van der Waals surface area (Å²) in [5.74, 6) is 0. The third-order valence-corrected chi connectivity index (χ3v) is 5.78. The molecule has 0 aliphatic carbocycles. The molecular weight excluding hydrogens is 402 g/mol. The Morgan fingerprint density at radius 1 is 1.07 bits per heavy atom. The number of aromatic nitrogens is 1. The number of benzene rings is 2. The Bertz CT molecular complexity index is 1140. The maximum Gasteiger partial charge on any atom is 0.426 e. The average molecular weight is 428 g/mol. The minimum absolute atomic E-state index is 0.0521. The first-order valence-electron chi connectivity index (χ1n) is 9.51. The van der Waals surface area contributed by atoms with Crippen LogP contribution in [0.15, 0.2) is 71.9 Å². The van der Waals surface area contributed by atoms with Gasteiger partial charge in [-0.2, -0.15) is 0 Å². The van der Waals surface area contributed by atoms with E-state index < -0.39 is 27.8 Å². The van der Waals surface area contributed by atoms with Crippen LogP contribution in [0.1, 0.15) is 39.3 Å². The normalized spacial score (nSPS) is 13.1. The first-order valence-corrected chi connectivity index (χ1v) is 11.0. The molecule has 2 aromatic carbocycles. The number of amides is 1. The topological polar surface area (TPSA) is 88.6 Å². The minimum Gasteiger partial charge on any atom is -0.443 e. The van der Waals surface area contributed by atoms with E-state index in [1.165, 1.54) is 12.3 Å². The lowest BCUT2D eigenvalue weighted by Gasteiger charge is -2.31. The number of carbonyl (C=O) groups is 1. The average Bonchev–Trinajstić information content (AvgIpc) is 2.70. The van der Waals surface area contributed by atoms with Crippen molar-refractivity contribution in [1.82, 2.24) is 14.8 Å². The third-order valence-electron chi connectivity index (χ3n) is 4.41. The maximum absolute atomic E-state index is 13.3. The largest absolute Gasteiger partial charge is 0.443 e. The van der Waals surface area contributed by atoms with Crippen LogP contribution < -0.4 is 4.83 Å². The summed E-state index contributed by atoms with van der Waals surface area (Å²) < 4.78 is 32.0. The highest BCUT2D eigenvalue weighted by Gasteiger charge is 2.31. The van der Waals surface area contributed by atoms with E-state index >= 15 is 0 Å². The number of pyridine rings is 1. The van der Waals surface area contributed by atoms with Crippen molar-refractivity contribution in [3.8, 4) is 0 Å². The summed E-state index contributed by atoms with van der Waals surface area (Å²) in [7, 11) is -4.09. The number of rotatable bonds is 5. The molecule has 3 aromatic rings. The van der Waals surface area contributed by atoms with E-state index in [0.717, 1.165) is 10.6 Å². The van der Waals surface area contributed by atoms with Crippen LogP contribution in [0.4, 0.5) is 4.79 Å². The molecule has 1 unspecified atom stereocenters. The molecule has 0 bridgehead atoms. The van der Waals surface area contributed by atoms with Crippen molar-refractivity contribution in [2.24, 2.45) is 0 Å². The second kappa shape index (κ2) is 8.41. The van der Waals surface area contributed by atoms with Crippen molar-refractivity contribution in [2.75, 3.05) is 0 Å². The number of sulfonamides is 1. The Morgan fingerprint density at radius 2 is 1.77 bits per heavy atom. The molecule has 7 nitrogen and oxygen atoms in total. The molecule has 0 spiro atoms. The fraction of sp³-hybridized carbons (Fsp3) is 0.273. The number of ether oxygens (including phenoxy) is 1. The van der Waals surface area contributed by atoms with Crippen molar-refractivity contribution in [3.05, 3.63) is 72.6 Å². The number of nitrogens with zero attached hydrogens (tertiary/aromatic N) is 2. The molecule has 8 heteroatoms. The molecule has 1 amide bonds. The summed E-state index contributed by atoms with van der Waals surface area (Å²) in [6.45, 7) is 6.90. The molecule has 0 saturated heterocycles. The smallest absolute Gasteiger partial charge is 0.426 e. The van der Waals surface area contributed by atoms with Crippen molar-refractivity contribution in [1.29, 1.82) is 0 Å². The predicted molar refractivity (Wildman–Crippen MR) is 115 cm³/mol. The van der Waals surface area contributed by atoms with Crippen LogP contribution >= 0.6 is 0 Å². The highest BCUT2D eigenvalue weighted by Crippen LogP contribution is 2.25. The lowest BCUT2D eigenvalue weighted by Crippen LogP contribution is -2.49. The lowest BCUT2D eigenvalue weighted by atomic mass is 10.1. The number of carbonyl (C=O) groups excluding carboxylic acids is 1. The van der Waals surface area contributed by atoms with Crippen molar-refractivity contribution >= 4 is 26.9 Å². The van der Waals surface area contributed by atoms with E-state index in [0.29, 0.717) is 10.8 Å². The predicted octanol–water partition coefficient (Wildman–Crippen LogP) is 4.43. The highest BCUT2D eigenvalue weighted by atomic mass is 32.2. The Balaban J connectivity index is 2.02. The van der Waals surface area contributed by atoms with Crippen molar-refractivity contribution in [3.63, 3.8) is 0 Å².